The summed E-state index contributed by atoms with van der Waals surface area (Å²) in [5.41, 5.74) is 8.03. The summed E-state index contributed by atoms with van der Waals surface area (Å²) in [7, 11) is 8.92. The first-order chi connectivity index (χ1) is 9.79. The minimum Gasteiger partial charge on any atom is -0.325 e. The summed E-state index contributed by atoms with van der Waals surface area (Å²) in [5, 5.41) is 4.56. The van der Waals surface area contributed by atoms with E-state index in [2.05, 4.69) is 58.3 Å². The van der Waals surface area contributed by atoms with E-state index in [4.69, 9.17) is 0 Å². The van der Waals surface area contributed by atoms with E-state index in [-0.39, 0.29) is 0 Å². The fourth-order valence-electron chi connectivity index (χ4n) is 3.73. The Bertz CT molecular complexity index is 689. The van der Waals surface area contributed by atoms with Crippen LogP contribution in [0, 0.1) is 13.8 Å². The van der Waals surface area contributed by atoms with Crippen molar-refractivity contribution < 1.29 is 4.48 Å². The van der Waals surface area contributed by atoms with Gasteiger partial charge in [-0.25, -0.2) is 0 Å². The second-order valence-electron chi connectivity index (χ2n) is 7.25. The van der Waals surface area contributed by atoms with Gasteiger partial charge in [-0.1, -0.05) is 12.1 Å². The van der Waals surface area contributed by atoms with E-state index in [9.17, 15) is 0 Å². The molecular formula is C18H26N3+. The van der Waals surface area contributed by atoms with Crippen LogP contribution < -0.4 is 0 Å². The minimum absolute atomic E-state index is 0.609. The number of benzene rings is 1. The molecule has 0 spiro atoms. The average molecular weight is 284 g/mol. The molecule has 3 rings (SSSR count). The maximum atomic E-state index is 4.56. The Balaban J connectivity index is 2.12. The predicted octanol–water partition coefficient (Wildman–Crippen LogP) is 3.40. The molecule has 0 saturated carbocycles. The summed E-state index contributed by atoms with van der Waals surface area (Å²) in [6.45, 7) is 4.26. The van der Waals surface area contributed by atoms with Gasteiger partial charge in [0.1, 0.15) is 6.04 Å². The van der Waals surface area contributed by atoms with Gasteiger partial charge >= 0.3 is 0 Å². The summed E-state index contributed by atoms with van der Waals surface area (Å²) < 4.78 is 2.98. The van der Waals surface area contributed by atoms with Crippen LogP contribution in [0.25, 0.3) is 11.1 Å². The van der Waals surface area contributed by atoms with Gasteiger partial charge in [0.2, 0.25) is 0 Å². The van der Waals surface area contributed by atoms with E-state index in [1.54, 1.807) is 0 Å². The van der Waals surface area contributed by atoms with Crippen molar-refractivity contribution in [3.8, 4) is 11.1 Å². The van der Waals surface area contributed by atoms with Crippen molar-refractivity contribution in [1.82, 2.24) is 9.78 Å². The molecule has 1 unspecified atom stereocenters. The number of hydrogen-bond donors (Lipinski definition) is 0. The lowest BCUT2D eigenvalue weighted by Crippen LogP contribution is -2.37. The third kappa shape index (κ3) is 2.30. The van der Waals surface area contributed by atoms with Crippen molar-refractivity contribution in [3.63, 3.8) is 0 Å². The molecular weight excluding hydrogens is 258 g/mol. The standard InChI is InChI=1S/C18H26N3/c1-12-18(13(2)20(3)19-12)15-8-7-14-9-10-17(16(14)11-15)21(4,5)6/h7-8,11,17H,9-10H2,1-6H3/q+1. The zero-order chi connectivity index (χ0) is 15.4. The molecule has 0 N–H and O–H groups in total. The van der Waals surface area contributed by atoms with Gasteiger partial charge in [0, 0.05) is 30.3 Å². The number of aryl methyl sites for hydroxylation is 3. The Morgan fingerprint density at radius 1 is 1.19 bits per heavy atom. The smallest absolute Gasteiger partial charge is 0.115 e. The molecule has 1 aromatic heterocycles. The van der Waals surface area contributed by atoms with E-state index in [1.807, 2.05) is 11.7 Å². The number of rotatable bonds is 2. The number of fused-ring (bicyclic) bond motifs is 1. The van der Waals surface area contributed by atoms with Gasteiger partial charge in [-0.15, -0.1) is 0 Å². The van der Waals surface area contributed by atoms with E-state index >= 15 is 0 Å². The quantitative estimate of drug-likeness (QED) is 0.773. The second-order valence-corrected chi connectivity index (χ2v) is 7.25. The van der Waals surface area contributed by atoms with E-state index in [0.29, 0.717) is 6.04 Å². The zero-order valence-corrected chi connectivity index (χ0v) is 14.1. The van der Waals surface area contributed by atoms with Crippen LogP contribution in [0.4, 0.5) is 0 Å². The molecule has 2 aromatic rings. The highest BCUT2D eigenvalue weighted by atomic mass is 15.3. The number of quaternary nitrogens is 1. The first kappa shape index (κ1) is 14.3. The highest BCUT2D eigenvalue weighted by molar-refractivity contribution is 5.70. The normalized spacial score (nSPS) is 18.1. The average Bonchev–Trinajstić information content (AvgIpc) is 2.90. The molecule has 3 heteroatoms. The van der Waals surface area contributed by atoms with Gasteiger partial charge in [-0.05, 0) is 37.5 Å². The Labute approximate surface area is 127 Å². The first-order valence-corrected chi connectivity index (χ1v) is 7.73. The van der Waals surface area contributed by atoms with Crippen molar-refractivity contribution in [2.75, 3.05) is 21.1 Å². The number of hydrogen-bond acceptors (Lipinski definition) is 1. The molecule has 0 bridgehead atoms. The maximum Gasteiger partial charge on any atom is 0.115 e. The fourth-order valence-corrected chi connectivity index (χ4v) is 3.73. The summed E-state index contributed by atoms with van der Waals surface area (Å²) >= 11 is 0. The Hall–Kier alpha value is -1.61. The molecule has 1 aliphatic carbocycles. The van der Waals surface area contributed by atoms with Crippen molar-refractivity contribution in [2.24, 2.45) is 7.05 Å². The highest BCUT2D eigenvalue weighted by Crippen LogP contribution is 2.40. The van der Waals surface area contributed by atoms with Crippen molar-refractivity contribution in [2.45, 2.75) is 32.7 Å². The highest BCUT2D eigenvalue weighted by Gasteiger charge is 2.33. The Morgan fingerprint density at radius 2 is 1.90 bits per heavy atom. The number of nitrogens with zero attached hydrogens (tertiary/aromatic N) is 3. The van der Waals surface area contributed by atoms with Crippen LogP contribution in [-0.4, -0.2) is 35.4 Å². The van der Waals surface area contributed by atoms with Crippen molar-refractivity contribution in [1.29, 1.82) is 0 Å². The van der Waals surface area contributed by atoms with Crippen LogP contribution in [0.1, 0.15) is 35.0 Å². The van der Waals surface area contributed by atoms with E-state index in [0.717, 1.165) is 10.2 Å². The molecule has 112 valence electrons. The molecule has 3 nitrogen and oxygen atoms in total. The first-order valence-electron chi connectivity index (χ1n) is 7.73. The van der Waals surface area contributed by atoms with Crippen LogP contribution in [0.2, 0.25) is 0 Å². The van der Waals surface area contributed by atoms with Crippen LogP contribution in [0.15, 0.2) is 18.2 Å². The van der Waals surface area contributed by atoms with Crippen molar-refractivity contribution in [3.05, 3.63) is 40.7 Å². The van der Waals surface area contributed by atoms with E-state index in [1.165, 1.54) is 40.8 Å². The van der Waals surface area contributed by atoms with Crippen LogP contribution >= 0.6 is 0 Å². The molecule has 0 amide bonds. The van der Waals surface area contributed by atoms with Gasteiger partial charge in [-0.2, -0.15) is 5.10 Å². The second kappa shape index (κ2) is 4.70. The van der Waals surface area contributed by atoms with Crippen molar-refractivity contribution >= 4 is 0 Å². The van der Waals surface area contributed by atoms with Gasteiger partial charge in [0.15, 0.2) is 0 Å². The van der Waals surface area contributed by atoms with Crippen LogP contribution in [0.5, 0.6) is 0 Å². The summed E-state index contributed by atoms with van der Waals surface area (Å²) in [6, 6.07) is 7.62. The lowest BCUT2D eigenvalue weighted by Gasteiger charge is -2.32. The minimum atomic E-state index is 0.609. The molecule has 1 aliphatic rings. The lowest BCUT2D eigenvalue weighted by molar-refractivity contribution is -0.901. The SMILES string of the molecule is Cc1nn(C)c(C)c1-c1ccc2c(c1)C([N+](C)(C)C)CC2. The van der Waals surface area contributed by atoms with Gasteiger partial charge in [0.05, 0.1) is 26.8 Å². The molecule has 21 heavy (non-hydrogen) atoms. The lowest BCUT2D eigenvalue weighted by atomic mass is 9.97. The molecule has 1 atom stereocenters. The monoisotopic (exact) mass is 284 g/mol. The van der Waals surface area contributed by atoms with Gasteiger partial charge in [0.25, 0.3) is 0 Å². The summed E-state index contributed by atoms with van der Waals surface area (Å²) in [5.74, 6) is 0. The summed E-state index contributed by atoms with van der Waals surface area (Å²) in [4.78, 5) is 0. The maximum absolute atomic E-state index is 4.56. The molecule has 0 radical (unpaired) electrons. The Morgan fingerprint density at radius 3 is 2.48 bits per heavy atom. The summed E-state index contributed by atoms with van der Waals surface area (Å²) in [6.07, 6.45) is 2.47. The zero-order valence-electron chi connectivity index (χ0n) is 14.1. The molecule has 0 fully saturated rings. The molecule has 1 heterocycles. The largest absolute Gasteiger partial charge is 0.325 e. The topological polar surface area (TPSA) is 17.8 Å². The Kier molecular flexibility index (Phi) is 3.21. The predicted molar refractivity (Wildman–Crippen MR) is 87.2 cm³/mol. The number of aromatic nitrogens is 2. The third-order valence-electron chi connectivity index (χ3n) is 4.92. The third-order valence-corrected chi connectivity index (χ3v) is 4.92. The van der Waals surface area contributed by atoms with E-state index < -0.39 is 0 Å². The fraction of sp³-hybridized carbons (Fsp3) is 0.500. The van der Waals surface area contributed by atoms with Crippen LogP contribution in [0.3, 0.4) is 0 Å². The molecule has 0 aliphatic heterocycles. The molecule has 1 aromatic carbocycles. The van der Waals surface area contributed by atoms with Gasteiger partial charge < -0.3 is 4.48 Å². The van der Waals surface area contributed by atoms with Gasteiger partial charge in [-0.3, -0.25) is 4.68 Å². The van der Waals surface area contributed by atoms with Crippen LogP contribution in [-0.2, 0) is 13.5 Å². The molecule has 0 saturated heterocycles.